The summed E-state index contributed by atoms with van der Waals surface area (Å²) < 4.78 is 0. The molecule has 2 N–H and O–H groups in total. The molecule has 0 aliphatic carbocycles. The number of nitrogens with one attached hydrogen (secondary N) is 1. The fourth-order valence-electron chi connectivity index (χ4n) is 1.92. The minimum Gasteiger partial charge on any atom is -0.481 e. The quantitative estimate of drug-likeness (QED) is 0.801. The second-order valence-corrected chi connectivity index (χ2v) is 5.91. The topological polar surface area (TPSA) is 69.6 Å². The third kappa shape index (κ3) is 4.76. The number of carbonyl (C=O) groups is 2. The Morgan fingerprint density at radius 2 is 2.22 bits per heavy atom. The molecule has 0 saturated carbocycles. The number of hydrogen-bond donors (Lipinski definition) is 2. The summed E-state index contributed by atoms with van der Waals surface area (Å²) in [4.78, 5) is 24.5. The highest BCUT2D eigenvalue weighted by molar-refractivity contribution is 8.00. The summed E-state index contributed by atoms with van der Waals surface area (Å²) in [6, 6.07) is -0.397. The highest BCUT2D eigenvalue weighted by Gasteiger charge is 2.24. The molecule has 0 radical (unpaired) electrons. The fourth-order valence-corrected chi connectivity index (χ4v) is 3.11. The van der Waals surface area contributed by atoms with Gasteiger partial charge < -0.3 is 15.3 Å². The van der Waals surface area contributed by atoms with Gasteiger partial charge in [-0.05, 0) is 12.8 Å². The van der Waals surface area contributed by atoms with E-state index in [1.807, 2.05) is 18.7 Å². The van der Waals surface area contributed by atoms with E-state index in [0.29, 0.717) is 11.7 Å². The van der Waals surface area contributed by atoms with Gasteiger partial charge >= 0.3 is 12.0 Å². The van der Waals surface area contributed by atoms with Crippen LogP contribution in [0.15, 0.2) is 0 Å². The predicted octanol–water partition coefficient (Wildman–Crippen LogP) is 1.78. The van der Waals surface area contributed by atoms with Crippen LogP contribution < -0.4 is 5.32 Å². The second kappa shape index (κ2) is 7.51. The average Bonchev–Trinajstić information content (AvgIpc) is 2.37. The van der Waals surface area contributed by atoms with Crippen LogP contribution in [0.25, 0.3) is 0 Å². The monoisotopic (exact) mass is 274 g/mol. The molecule has 2 amide bonds. The van der Waals surface area contributed by atoms with Gasteiger partial charge in [-0.15, -0.1) is 0 Å². The molecule has 0 spiro atoms. The number of carboxylic acids is 1. The Morgan fingerprint density at radius 1 is 1.50 bits per heavy atom. The van der Waals surface area contributed by atoms with E-state index in [2.05, 4.69) is 12.2 Å². The van der Waals surface area contributed by atoms with Crippen LogP contribution in [0.3, 0.4) is 0 Å². The number of hydrogen-bond acceptors (Lipinski definition) is 3. The molecular formula is C12H22N2O3S. The van der Waals surface area contributed by atoms with Gasteiger partial charge in [0.05, 0.1) is 6.42 Å². The molecule has 6 heteroatoms. The Kier molecular flexibility index (Phi) is 6.32. The van der Waals surface area contributed by atoms with Crippen LogP contribution in [0.5, 0.6) is 0 Å². The van der Waals surface area contributed by atoms with Crippen molar-refractivity contribution in [3.05, 3.63) is 0 Å². The number of carboxylic acid groups (broad SMARTS) is 1. The van der Waals surface area contributed by atoms with E-state index in [1.165, 1.54) is 0 Å². The zero-order valence-electron chi connectivity index (χ0n) is 11.0. The van der Waals surface area contributed by atoms with E-state index in [0.717, 1.165) is 25.3 Å². The maximum atomic E-state index is 12.0. The Hall–Kier alpha value is -0.910. The van der Waals surface area contributed by atoms with Crippen molar-refractivity contribution in [2.24, 2.45) is 0 Å². The molecule has 1 saturated heterocycles. The molecule has 2 atom stereocenters. The first-order valence-electron chi connectivity index (χ1n) is 6.45. The van der Waals surface area contributed by atoms with Crippen molar-refractivity contribution in [2.75, 3.05) is 18.8 Å². The van der Waals surface area contributed by atoms with E-state index in [-0.39, 0.29) is 18.5 Å². The molecule has 1 aliphatic rings. The van der Waals surface area contributed by atoms with Gasteiger partial charge in [0.25, 0.3) is 0 Å². The van der Waals surface area contributed by atoms with Gasteiger partial charge in [-0.2, -0.15) is 11.8 Å². The number of aliphatic carboxylic acids is 1. The number of carbonyl (C=O) groups excluding carboxylic acids is 1. The predicted molar refractivity (Wildman–Crippen MR) is 73.0 cm³/mol. The summed E-state index contributed by atoms with van der Waals surface area (Å²) in [6.45, 7) is 5.51. The van der Waals surface area contributed by atoms with Gasteiger partial charge in [-0.3, -0.25) is 4.79 Å². The third-order valence-electron chi connectivity index (χ3n) is 3.12. The summed E-state index contributed by atoms with van der Waals surface area (Å²) in [5, 5.41) is 12.1. The van der Waals surface area contributed by atoms with Crippen molar-refractivity contribution in [3.8, 4) is 0 Å². The summed E-state index contributed by atoms with van der Waals surface area (Å²) in [5.74, 6) is 0.0875. The minimum absolute atomic E-state index is 0.0119. The molecule has 1 aliphatic heterocycles. The van der Waals surface area contributed by atoms with Crippen molar-refractivity contribution in [3.63, 3.8) is 0 Å². The van der Waals surface area contributed by atoms with E-state index < -0.39 is 5.97 Å². The molecule has 1 rings (SSSR count). The van der Waals surface area contributed by atoms with Crippen molar-refractivity contribution in [1.82, 2.24) is 10.2 Å². The largest absolute Gasteiger partial charge is 0.481 e. The second-order valence-electron chi connectivity index (χ2n) is 4.50. The highest BCUT2D eigenvalue weighted by Crippen LogP contribution is 2.21. The SMILES string of the molecule is CCC(CC(=O)O)NC(=O)N1CCSC(CC)C1. The number of urea groups is 1. The lowest BCUT2D eigenvalue weighted by atomic mass is 10.1. The van der Waals surface area contributed by atoms with Crippen LogP contribution in [-0.2, 0) is 4.79 Å². The summed E-state index contributed by atoms with van der Waals surface area (Å²) in [6.07, 6.45) is 1.68. The Labute approximate surface area is 112 Å². The van der Waals surface area contributed by atoms with Gasteiger partial charge in [0.2, 0.25) is 0 Å². The fraction of sp³-hybridized carbons (Fsp3) is 0.833. The van der Waals surface area contributed by atoms with E-state index in [9.17, 15) is 9.59 Å². The van der Waals surface area contributed by atoms with Gasteiger partial charge in [0.1, 0.15) is 0 Å². The molecule has 18 heavy (non-hydrogen) atoms. The Bertz CT molecular complexity index is 299. The van der Waals surface area contributed by atoms with Crippen molar-refractivity contribution in [1.29, 1.82) is 0 Å². The lowest BCUT2D eigenvalue weighted by Crippen LogP contribution is -2.50. The van der Waals surface area contributed by atoms with Crippen LogP contribution in [0.1, 0.15) is 33.1 Å². The summed E-state index contributed by atoms with van der Waals surface area (Å²) in [5.41, 5.74) is 0. The molecule has 1 heterocycles. The molecule has 0 bridgehead atoms. The van der Waals surface area contributed by atoms with Crippen molar-refractivity contribution >= 4 is 23.8 Å². The standard InChI is InChI=1S/C12H22N2O3S/c1-3-9(7-11(15)16)13-12(17)14-5-6-18-10(4-2)8-14/h9-10H,3-8H2,1-2H3,(H,13,17)(H,15,16). The van der Waals surface area contributed by atoms with Crippen molar-refractivity contribution < 1.29 is 14.7 Å². The van der Waals surface area contributed by atoms with E-state index >= 15 is 0 Å². The number of rotatable bonds is 5. The Balaban J connectivity index is 2.45. The number of thioether (sulfide) groups is 1. The summed E-state index contributed by atoms with van der Waals surface area (Å²) in [7, 11) is 0. The zero-order chi connectivity index (χ0) is 13.5. The van der Waals surface area contributed by atoms with Crippen LogP contribution in [0.4, 0.5) is 4.79 Å². The van der Waals surface area contributed by atoms with Crippen LogP contribution in [0, 0.1) is 0 Å². The van der Waals surface area contributed by atoms with Crippen LogP contribution in [-0.4, -0.2) is 52.1 Å². The molecule has 0 aromatic carbocycles. The highest BCUT2D eigenvalue weighted by atomic mass is 32.2. The lowest BCUT2D eigenvalue weighted by Gasteiger charge is -2.33. The maximum Gasteiger partial charge on any atom is 0.317 e. The van der Waals surface area contributed by atoms with Crippen LogP contribution in [0.2, 0.25) is 0 Å². The third-order valence-corrected chi connectivity index (χ3v) is 4.49. The van der Waals surface area contributed by atoms with E-state index in [1.54, 1.807) is 4.90 Å². The zero-order valence-corrected chi connectivity index (χ0v) is 11.8. The minimum atomic E-state index is -0.872. The average molecular weight is 274 g/mol. The van der Waals surface area contributed by atoms with Gasteiger partial charge in [0, 0.05) is 30.1 Å². The normalized spacial score (nSPS) is 21.4. The van der Waals surface area contributed by atoms with Gasteiger partial charge in [0.15, 0.2) is 0 Å². The first kappa shape index (κ1) is 15.1. The smallest absolute Gasteiger partial charge is 0.317 e. The number of nitrogens with zero attached hydrogens (tertiary/aromatic N) is 1. The molecule has 5 nitrogen and oxygen atoms in total. The first-order valence-corrected chi connectivity index (χ1v) is 7.50. The molecular weight excluding hydrogens is 252 g/mol. The first-order chi connectivity index (χ1) is 8.56. The van der Waals surface area contributed by atoms with E-state index in [4.69, 9.17) is 5.11 Å². The van der Waals surface area contributed by atoms with Crippen molar-refractivity contribution in [2.45, 2.75) is 44.4 Å². The molecule has 104 valence electrons. The molecule has 0 aromatic heterocycles. The molecule has 2 unspecified atom stereocenters. The molecule has 0 aromatic rings. The lowest BCUT2D eigenvalue weighted by molar-refractivity contribution is -0.137. The summed E-state index contributed by atoms with van der Waals surface area (Å²) >= 11 is 1.90. The maximum absolute atomic E-state index is 12.0. The van der Waals surface area contributed by atoms with Crippen LogP contribution >= 0.6 is 11.8 Å². The number of amides is 2. The Morgan fingerprint density at radius 3 is 2.78 bits per heavy atom. The molecule has 1 fully saturated rings. The van der Waals surface area contributed by atoms with Gasteiger partial charge in [-0.1, -0.05) is 13.8 Å². The van der Waals surface area contributed by atoms with Gasteiger partial charge in [-0.25, -0.2) is 4.79 Å².